The molecule has 1 saturated heterocycles. The predicted octanol–water partition coefficient (Wildman–Crippen LogP) is 1.81. The van der Waals surface area contributed by atoms with Gasteiger partial charge in [-0.05, 0) is 37.3 Å². The Morgan fingerprint density at radius 3 is 2.82 bits per heavy atom. The Morgan fingerprint density at radius 2 is 2.11 bits per heavy atom. The summed E-state index contributed by atoms with van der Waals surface area (Å²) in [5.41, 5.74) is -0.171. The van der Waals surface area contributed by atoms with Crippen molar-refractivity contribution >= 4 is 11.8 Å². The fourth-order valence-electron chi connectivity index (χ4n) is 5.44. The fourth-order valence-corrected chi connectivity index (χ4v) is 5.44. The first-order chi connectivity index (χ1) is 13.6. The molecule has 1 N–H and O–H groups in total. The Bertz CT molecular complexity index is 806. The van der Waals surface area contributed by atoms with E-state index in [2.05, 4.69) is 5.32 Å². The topological polar surface area (TPSA) is 77.1 Å². The standard InChI is InChI=1S/C21H26N2O5/c1-26-15-4-5-16-18(11-15)28-21(22-19(16)24)12-13-2-3-14(21)10-17(13)20(25)23-6-8-27-9-7-23/h4-5,11,13-14,17H,2-3,6-10,12H2,1H3,(H,22,24)/t13-,14+,17-,21+/m1/s1. The van der Waals surface area contributed by atoms with Gasteiger partial charge in [0.15, 0.2) is 5.72 Å². The summed E-state index contributed by atoms with van der Waals surface area (Å²) in [7, 11) is 1.60. The molecule has 0 aromatic heterocycles. The van der Waals surface area contributed by atoms with E-state index < -0.39 is 5.72 Å². The van der Waals surface area contributed by atoms with Crippen LogP contribution in [0.5, 0.6) is 11.5 Å². The highest BCUT2D eigenvalue weighted by Crippen LogP contribution is 2.53. The minimum Gasteiger partial charge on any atom is -0.497 e. The average Bonchev–Trinajstić information content (AvgIpc) is 2.73. The van der Waals surface area contributed by atoms with Gasteiger partial charge in [-0.25, -0.2) is 0 Å². The summed E-state index contributed by atoms with van der Waals surface area (Å²) in [6.07, 6.45) is 3.43. The van der Waals surface area contributed by atoms with Crippen molar-refractivity contribution in [2.24, 2.45) is 17.8 Å². The van der Waals surface area contributed by atoms with E-state index in [1.54, 1.807) is 25.3 Å². The van der Waals surface area contributed by atoms with Crippen LogP contribution in [0.2, 0.25) is 0 Å². The van der Waals surface area contributed by atoms with Gasteiger partial charge in [-0.1, -0.05) is 0 Å². The van der Waals surface area contributed by atoms with Gasteiger partial charge in [-0.15, -0.1) is 0 Å². The Labute approximate surface area is 164 Å². The first kappa shape index (κ1) is 17.8. The van der Waals surface area contributed by atoms with Gasteiger partial charge in [0.1, 0.15) is 11.5 Å². The van der Waals surface area contributed by atoms with E-state index in [0.29, 0.717) is 49.8 Å². The van der Waals surface area contributed by atoms with Crippen molar-refractivity contribution in [3.05, 3.63) is 23.8 Å². The number of hydrogen-bond acceptors (Lipinski definition) is 5. The molecule has 4 atom stereocenters. The Hall–Kier alpha value is -2.28. The number of nitrogens with one attached hydrogen (secondary N) is 1. The van der Waals surface area contributed by atoms with Gasteiger partial charge in [0.2, 0.25) is 5.91 Å². The van der Waals surface area contributed by atoms with Crippen LogP contribution in [0.15, 0.2) is 18.2 Å². The van der Waals surface area contributed by atoms with E-state index in [1.807, 2.05) is 4.90 Å². The number of nitrogens with zero attached hydrogens (tertiary/aromatic N) is 1. The van der Waals surface area contributed by atoms with Gasteiger partial charge in [0.25, 0.3) is 5.91 Å². The molecule has 2 heterocycles. The normalized spacial score (nSPS) is 33.8. The molecule has 7 heteroatoms. The molecule has 1 aromatic carbocycles. The van der Waals surface area contributed by atoms with E-state index in [4.69, 9.17) is 14.2 Å². The summed E-state index contributed by atoms with van der Waals surface area (Å²) >= 11 is 0. The van der Waals surface area contributed by atoms with Gasteiger partial charge in [-0.3, -0.25) is 9.59 Å². The van der Waals surface area contributed by atoms with Crippen molar-refractivity contribution in [1.82, 2.24) is 10.2 Å². The van der Waals surface area contributed by atoms with Crippen LogP contribution in [0.1, 0.15) is 36.0 Å². The average molecular weight is 386 g/mol. The van der Waals surface area contributed by atoms with Crippen LogP contribution in [0.25, 0.3) is 0 Å². The zero-order valence-corrected chi connectivity index (χ0v) is 16.1. The van der Waals surface area contributed by atoms with Gasteiger partial charge in [0.05, 0.1) is 25.9 Å². The van der Waals surface area contributed by atoms with Crippen LogP contribution < -0.4 is 14.8 Å². The van der Waals surface area contributed by atoms with E-state index in [9.17, 15) is 9.59 Å². The molecule has 3 saturated carbocycles. The summed E-state index contributed by atoms with van der Waals surface area (Å²) < 4.78 is 17.1. The van der Waals surface area contributed by atoms with Gasteiger partial charge < -0.3 is 24.4 Å². The van der Waals surface area contributed by atoms with Crippen LogP contribution >= 0.6 is 0 Å². The molecule has 0 radical (unpaired) electrons. The Kier molecular flexibility index (Phi) is 4.23. The number of ether oxygens (including phenoxy) is 3. The number of carbonyl (C=O) groups is 2. The fraction of sp³-hybridized carbons (Fsp3) is 0.619. The quantitative estimate of drug-likeness (QED) is 0.839. The summed E-state index contributed by atoms with van der Waals surface area (Å²) in [6, 6.07) is 5.29. The number of amides is 2. The number of benzene rings is 1. The molecule has 3 aliphatic carbocycles. The molecule has 2 aliphatic heterocycles. The summed E-state index contributed by atoms with van der Waals surface area (Å²) in [6.45, 7) is 2.60. The minimum atomic E-state index is -0.707. The van der Waals surface area contributed by atoms with Gasteiger partial charge in [-0.2, -0.15) is 0 Å². The van der Waals surface area contributed by atoms with Crippen LogP contribution in [-0.2, 0) is 9.53 Å². The molecular formula is C21H26N2O5. The Balaban J connectivity index is 1.38. The van der Waals surface area contributed by atoms with Crippen LogP contribution in [0, 0.1) is 17.8 Å². The molecule has 5 aliphatic rings. The predicted molar refractivity (Wildman–Crippen MR) is 100 cm³/mol. The van der Waals surface area contributed by atoms with Crippen molar-refractivity contribution in [3.8, 4) is 11.5 Å². The van der Waals surface area contributed by atoms with E-state index in [1.165, 1.54) is 0 Å². The number of morpholine rings is 1. The van der Waals surface area contributed by atoms with Crippen molar-refractivity contribution < 1.29 is 23.8 Å². The van der Waals surface area contributed by atoms with Gasteiger partial charge in [0, 0.05) is 37.4 Å². The summed E-state index contributed by atoms with van der Waals surface area (Å²) in [4.78, 5) is 27.8. The number of carbonyl (C=O) groups excluding carboxylic acids is 2. The lowest BCUT2D eigenvalue weighted by Crippen LogP contribution is -2.67. The third-order valence-corrected chi connectivity index (χ3v) is 6.91. The number of methoxy groups -OCH3 is 1. The van der Waals surface area contributed by atoms with E-state index in [-0.39, 0.29) is 29.6 Å². The second-order valence-electron chi connectivity index (χ2n) is 8.33. The highest BCUT2D eigenvalue weighted by molar-refractivity contribution is 5.98. The first-order valence-corrected chi connectivity index (χ1v) is 10.2. The lowest BCUT2D eigenvalue weighted by molar-refractivity contribution is -0.158. The molecule has 28 heavy (non-hydrogen) atoms. The molecule has 1 aromatic rings. The summed E-state index contributed by atoms with van der Waals surface area (Å²) in [5, 5.41) is 3.15. The molecule has 0 unspecified atom stereocenters. The monoisotopic (exact) mass is 386 g/mol. The highest BCUT2D eigenvalue weighted by atomic mass is 16.5. The maximum atomic E-state index is 13.1. The summed E-state index contributed by atoms with van der Waals surface area (Å²) in [5.74, 6) is 1.78. The lowest BCUT2D eigenvalue weighted by atomic mass is 9.59. The zero-order valence-electron chi connectivity index (χ0n) is 16.1. The largest absolute Gasteiger partial charge is 0.497 e. The molecule has 150 valence electrons. The SMILES string of the molecule is COc1ccc2c(c1)O[C@]1(C[C@H]3CC[C@H]1C[C@H]3C(=O)N1CCOCC1)NC2=O. The molecular weight excluding hydrogens is 360 g/mol. The van der Waals surface area contributed by atoms with E-state index >= 15 is 0 Å². The molecule has 1 spiro atoms. The zero-order chi connectivity index (χ0) is 19.3. The molecule has 6 rings (SSSR count). The highest BCUT2D eigenvalue weighted by Gasteiger charge is 2.57. The van der Waals surface area contributed by atoms with Crippen molar-refractivity contribution in [2.45, 2.75) is 31.4 Å². The second kappa shape index (κ2) is 6.65. The van der Waals surface area contributed by atoms with Crippen molar-refractivity contribution in [2.75, 3.05) is 33.4 Å². The third-order valence-electron chi connectivity index (χ3n) is 6.91. The third kappa shape index (κ3) is 2.75. The number of rotatable bonds is 2. The minimum absolute atomic E-state index is 0.0229. The maximum absolute atomic E-state index is 13.1. The van der Waals surface area contributed by atoms with Crippen molar-refractivity contribution in [3.63, 3.8) is 0 Å². The molecule has 7 nitrogen and oxygen atoms in total. The molecule has 4 fully saturated rings. The first-order valence-electron chi connectivity index (χ1n) is 10.2. The van der Waals surface area contributed by atoms with Crippen molar-refractivity contribution in [1.29, 1.82) is 0 Å². The van der Waals surface area contributed by atoms with Crippen LogP contribution in [0.4, 0.5) is 0 Å². The maximum Gasteiger partial charge on any atom is 0.258 e. The number of fused-ring (bicyclic) bond motifs is 3. The van der Waals surface area contributed by atoms with Crippen LogP contribution in [-0.4, -0.2) is 55.9 Å². The Morgan fingerprint density at radius 1 is 1.29 bits per heavy atom. The lowest BCUT2D eigenvalue weighted by Gasteiger charge is -2.55. The van der Waals surface area contributed by atoms with Crippen LogP contribution in [0.3, 0.4) is 0 Å². The van der Waals surface area contributed by atoms with E-state index in [0.717, 1.165) is 19.3 Å². The smallest absolute Gasteiger partial charge is 0.258 e. The van der Waals surface area contributed by atoms with Gasteiger partial charge >= 0.3 is 0 Å². The molecule has 2 amide bonds. The second-order valence-corrected chi connectivity index (χ2v) is 8.33. The number of hydrogen-bond donors (Lipinski definition) is 1. The molecule has 2 bridgehead atoms.